The van der Waals surface area contributed by atoms with Crippen LogP contribution in [0.2, 0.25) is 0 Å². The van der Waals surface area contributed by atoms with E-state index in [0.717, 1.165) is 17.3 Å². The third-order valence-electron chi connectivity index (χ3n) is 1.21. The van der Waals surface area contributed by atoms with Crippen LogP contribution in [-0.4, -0.2) is 15.7 Å². The Morgan fingerprint density at radius 3 is 3.09 bits per heavy atom. The number of nitrogens with one attached hydrogen (secondary N) is 1. The zero-order chi connectivity index (χ0) is 8.10. The summed E-state index contributed by atoms with van der Waals surface area (Å²) in [4.78, 5) is 7.28. The lowest BCUT2D eigenvalue weighted by Gasteiger charge is -1.83. The predicted octanol–water partition coefficient (Wildman–Crippen LogP) is 2.44. The van der Waals surface area contributed by atoms with Gasteiger partial charge in [0.05, 0.1) is 5.69 Å². The molecule has 0 atom stereocenters. The van der Waals surface area contributed by atoms with Crippen molar-refractivity contribution in [2.45, 2.75) is 13.8 Å². The van der Waals surface area contributed by atoms with Gasteiger partial charge in [0.25, 0.3) is 0 Å². The smallest absolute Gasteiger partial charge is 0.130 e. The molecule has 1 heterocycles. The lowest BCUT2D eigenvalue weighted by atomic mass is 10.6. The van der Waals surface area contributed by atoms with E-state index in [1.165, 1.54) is 0 Å². The number of hydrogen-bond donors (Lipinski definition) is 1. The summed E-state index contributed by atoms with van der Waals surface area (Å²) in [5, 5.41) is 2.05. The first kappa shape index (κ1) is 8.40. The van der Waals surface area contributed by atoms with Crippen LogP contribution in [0.1, 0.15) is 18.4 Å². The molecule has 0 amide bonds. The largest absolute Gasteiger partial charge is 0.345 e. The van der Waals surface area contributed by atoms with E-state index in [2.05, 4.69) is 22.3 Å². The van der Waals surface area contributed by atoms with Crippen molar-refractivity contribution < 1.29 is 0 Å². The third-order valence-corrected chi connectivity index (χ3v) is 1.88. The van der Waals surface area contributed by atoms with Crippen molar-refractivity contribution in [1.82, 2.24) is 9.97 Å². The molecule has 2 nitrogen and oxygen atoms in total. The van der Waals surface area contributed by atoms with Gasteiger partial charge in [-0.3, -0.25) is 0 Å². The van der Waals surface area contributed by atoms with Crippen LogP contribution >= 0.6 is 11.8 Å². The second-order valence-corrected chi connectivity index (χ2v) is 3.37. The molecule has 0 aliphatic heterocycles. The van der Waals surface area contributed by atoms with Gasteiger partial charge in [-0.25, -0.2) is 4.98 Å². The maximum atomic E-state index is 4.23. The normalized spacial score (nSPS) is 11.1. The fourth-order valence-corrected chi connectivity index (χ4v) is 1.14. The quantitative estimate of drug-likeness (QED) is 0.751. The molecule has 3 heteroatoms. The van der Waals surface area contributed by atoms with Crippen LogP contribution in [0.5, 0.6) is 0 Å². The summed E-state index contributed by atoms with van der Waals surface area (Å²) in [6.45, 7) is 4.10. The number of aromatic nitrogens is 2. The Morgan fingerprint density at radius 1 is 1.73 bits per heavy atom. The Labute approximate surface area is 71.1 Å². The van der Waals surface area contributed by atoms with Gasteiger partial charge in [0.1, 0.15) is 5.82 Å². The zero-order valence-electron chi connectivity index (χ0n) is 6.79. The van der Waals surface area contributed by atoms with E-state index in [0.29, 0.717) is 0 Å². The Hall–Kier alpha value is -0.700. The van der Waals surface area contributed by atoms with Crippen molar-refractivity contribution in [2.24, 2.45) is 0 Å². The van der Waals surface area contributed by atoms with Gasteiger partial charge in [-0.2, -0.15) is 0 Å². The van der Waals surface area contributed by atoms with Crippen LogP contribution in [0.4, 0.5) is 0 Å². The molecule has 0 saturated heterocycles. The predicted molar refractivity (Wildman–Crippen MR) is 50.5 cm³/mol. The standard InChI is InChI=1S/C8H12N2S/c1-3-11-5-4-8-9-6-7(2)10-8/h4-6H,3H2,1-2H3,(H,9,10). The Kier molecular flexibility index (Phi) is 3.23. The summed E-state index contributed by atoms with van der Waals surface area (Å²) in [5.74, 6) is 2.04. The number of aromatic amines is 1. The van der Waals surface area contributed by atoms with Gasteiger partial charge in [0.15, 0.2) is 0 Å². The molecule has 0 fully saturated rings. The van der Waals surface area contributed by atoms with E-state index >= 15 is 0 Å². The summed E-state index contributed by atoms with van der Waals surface area (Å²) in [6, 6.07) is 0. The number of hydrogen-bond acceptors (Lipinski definition) is 2. The topological polar surface area (TPSA) is 28.7 Å². The van der Waals surface area contributed by atoms with Gasteiger partial charge in [-0.15, -0.1) is 11.8 Å². The van der Waals surface area contributed by atoms with Gasteiger partial charge in [0, 0.05) is 6.20 Å². The number of aryl methyl sites for hydroxylation is 1. The van der Waals surface area contributed by atoms with Crippen molar-refractivity contribution in [3.63, 3.8) is 0 Å². The molecule has 0 spiro atoms. The Bertz CT molecular complexity index is 240. The van der Waals surface area contributed by atoms with Gasteiger partial charge >= 0.3 is 0 Å². The molecule has 0 aliphatic carbocycles. The lowest BCUT2D eigenvalue weighted by Crippen LogP contribution is -1.73. The number of imidazole rings is 1. The summed E-state index contributed by atoms with van der Waals surface area (Å²) in [5.41, 5.74) is 1.03. The first-order chi connectivity index (χ1) is 5.33. The van der Waals surface area contributed by atoms with E-state index < -0.39 is 0 Å². The minimum atomic E-state index is 0.934. The van der Waals surface area contributed by atoms with Gasteiger partial charge in [-0.1, -0.05) is 6.92 Å². The Morgan fingerprint density at radius 2 is 2.55 bits per heavy atom. The average molecular weight is 168 g/mol. The van der Waals surface area contributed by atoms with Gasteiger partial charge in [-0.05, 0) is 24.2 Å². The molecule has 0 aromatic carbocycles. The van der Waals surface area contributed by atoms with E-state index in [4.69, 9.17) is 0 Å². The highest BCUT2D eigenvalue weighted by Gasteiger charge is 1.89. The number of thioether (sulfide) groups is 1. The van der Waals surface area contributed by atoms with Crippen LogP contribution in [0, 0.1) is 6.92 Å². The molecule has 0 radical (unpaired) electrons. The van der Waals surface area contributed by atoms with Crippen molar-refractivity contribution in [3.8, 4) is 0 Å². The number of nitrogens with zero attached hydrogens (tertiary/aromatic N) is 1. The molecule has 11 heavy (non-hydrogen) atoms. The molecule has 60 valence electrons. The number of rotatable bonds is 3. The summed E-state index contributed by atoms with van der Waals surface area (Å²) in [6.07, 6.45) is 3.89. The molecule has 0 aliphatic rings. The van der Waals surface area contributed by atoms with E-state index in [-0.39, 0.29) is 0 Å². The first-order valence-corrected chi connectivity index (χ1v) is 4.68. The van der Waals surface area contributed by atoms with Gasteiger partial charge < -0.3 is 4.98 Å². The number of H-pyrrole nitrogens is 1. The minimum Gasteiger partial charge on any atom is -0.345 e. The van der Waals surface area contributed by atoms with Crippen LogP contribution in [0.15, 0.2) is 11.6 Å². The highest BCUT2D eigenvalue weighted by atomic mass is 32.2. The van der Waals surface area contributed by atoms with Crippen LogP contribution in [-0.2, 0) is 0 Å². The van der Waals surface area contributed by atoms with Gasteiger partial charge in [0.2, 0.25) is 0 Å². The van der Waals surface area contributed by atoms with E-state index in [1.807, 2.05) is 19.2 Å². The van der Waals surface area contributed by atoms with Crippen LogP contribution in [0.3, 0.4) is 0 Å². The monoisotopic (exact) mass is 168 g/mol. The summed E-state index contributed by atoms with van der Waals surface area (Å²) in [7, 11) is 0. The highest BCUT2D eigenvalue weighted by molar-refractivity contribution is 8.02. The minimum absolute atomic E-state index is 0.934. The third kappa shape index (κ3) is 2.80. The van der Waals surface area contributed by atoms with Crippen molar-refractivity contribution >= 4 is 17.8 Å². The maximum absolute atomic E-state index is 4.23. The first-order valence-electron chi connectivity index (χ1n) is 3.63. The lowest BCUT2D eigenvalue weighted by molar-refractivity contribution is 1.22. The fraction of sp³-hybridized carbons (Fsp3) is 0.375. The molecular weight excluding hydrogens is 156 g/mol. The van der Waals surface area contributed by atoms with E-state index in [9.17, 15) is 0 Å². The summed E-state index contributed by atoms with van der Waals surface area (Å²) < 4.78 is 0. The SMILES string of the molecule is CCSC=Cc1nc(C)c[nH]1. The second kappa shape index (κ2) is 4.23. The average Bonchev–Trinajstić information content (AvgIpc) is 2.37. The van der Waals surface area contributed by atoms with E-state index in [1.54, 1.807) is 11.8 Å². The maximum Gasteiger partial charge on any atom is 0.130 e. The molecule has 0 bridgehead atoms. The molecule has 0 saturated carbocycles. The highest BCUT2D eigenvalue weighted by Crippen LogP contribution is 2.04. The Balaban J connectivity index is 2.50. The van der Waals surface area contributed by atoms with Crippen molar-refractivity contribution in [1.29, 1.82) is 0 Å². The van der Waals surface area contributed by atoms with Crippen molar-refractivity contribution in [3.05, 3.63) is 23.1 Å². The zero-order valence-corrected chi connectivity index (χ0v) is 7.61. The van der Waals surface area contributed by atoms with Crippen molar-refractivity contribution in [2.75, 3.05) is 5.75 Å². The molecule has 1 rings (SSSR count). The molecule has 1 aromatic heterocycles. The second-order valence-electron chi connectivity index (χ2n) is 2.19. The molecule has 1 aromatic rings. The summed E-state index contributed by atoms with van der Waals surface area (Å²) >= 11 is 1.77. The molecule has 0 unspecified atom stereocenters. The molecule has 1 N–H and O–H groups in total. The molecular formula is C8H12N2S. The fourth-order valence-electron chi connectivity index (χ4n) is 0.727. The van der Waals surface area contributed by atoms with Crippen LogP contribution < -0.4 is 0 Å². The van der Waals surface area contributed by atoms with Crippen LogP contribution in [0.25, 0.3) is 6.08 Å².